The molecule has 16 heteroatoms. The first-order valence-electron chi connectivity index (χ1n) is 10.2. The number of carbonyl (C=O) groups excluding carboxylic acids is 2. The van der Waals surface area contributed by atoms with Crippen molar-refractivity contribution in [1.82, 2.24) is 5.32 Å². The van der Waals surface area contributed by atoms with Crippen molar-refractivity contribution in [3.05, 3.63) is 47.5 Å². The Balaban J connectivity index is 1.71. The molecule has 1 fully saturated rings. The topological polar surface area (TPSA) is 226 Å². The minimum absolute atomic E-state index is 0.0983. The van der Waals surface area contributed by atoms with Crippen molar-refractivity contribution in [2.24, 2.45) is 5.92 Å². The molecule has 2 aliphatic heterocycles. The van der Waals surface area contributed by atoms with Crippen LogP contribution in [-0.2, 0) is 37.1 Å². The summed E-state index contributed by atoms with van der Waals surface area (Å²) in [4.78, 5) is 54.0. The van der Waals surface area contributed by atoms with E-state index in [1.807, 2.05) is 0 Å². The van der Waals surface area contributed by atoms with Crippen molar-refractivity contribution in [2.45, 2.75) is 24.4 Å². The van der Waals surface area contributed by atoms with Gasteiger partial charge >= 0.3 is 21.4 Å². The molecule has 0 aromatic heterocycles. The molecule has 2 heterocycles. The molecule has 0 radical (unpaired) electrons. The Morgan fingerprint density at radius 3 is 2.39 bits per heavy atom. The smallest absolute Gasteiger partial charge is 0.479 e. The van der Waals surface area contributed by atoms with Gasteiger partial charge in [0.25, 0.3) is 5.91 Å². The Morgan fingerprint density at radius 2 is 1.75 bits per heavy atom. The maximum atomic E-state index is 12.4. The number of carboxylic acid groups (broad SMARTS) is 1. The van der Waals surface area contributed by atoms with Gasteiger partial charge in [-0.2, -0.15) is 0 Å². The number of imide groups is 1. The molecule has 1 saturated heterocycles. The molecule has 6 N–H and O–H groups in total. The van der Waals surface area contributed by atoms with E-state index in [1.54, 1.807) is 30.3 Å². The summed E-state index contributed by atoms with van der Waals surface area (Å²) >= 11 is 0. The average Bonchev–Trinajstić information content (AvgIpc) is 3.05. The van der Waals surface area contributed by atoms with Crippen molar-refractivity contribution in [3.63, 3.8) is 0 Å². The number of aliphatic hydroxyl groups is 2. The molecule has 0 spiro atoms. The van der Waals surface area contributed by atoms with Crippen LogP contribution >= 0.6 is 15.4 Å². The normalized spacial score (nSPS) is 29.2. The predicted octanol–water partition coefficient (Wildman–Crippen LogP) is -0.870. The number of amides is 2. The average molecular weight is 545 g/mol. The summed E-state index contributed by atoms with van der Waals surface area (Å²) in [7, 11) is -10.3. The monoisotopic (exact) mass is 545 g/mol. The van der Waals surface area contributed by atoms with Crippen molar-refractivity contribution >= 4 is 33.2 Å². The number of benzene rings is 1. The number of nitrogens with one attached hydrogen (secondary N) is 1. The van der Waals surface area contributed by atoms with E-state index < -0.39 is 76.3 Å². The van der Waals surface area contributed by atoms with E-state index in [4.69, 9.17) is 9.84 Å². The zero-order valence-corrected chi connectivity index (χ0v) is 20.0. The molecule has 2 aliphatic rings. The van der Waals surface area contributed by atoms with Gasteiger partial charge < -0.3 is 29.8 Å². The predicted molar refractivity (Wildman–Crippen MR) is 118 cm³/mol. The molecule has 14 nitrogen and oxygen atoms in total. The van der Waals surface area contributed by atoms with Crippen LogP contribution in [-0.4, -0.2) is 80.1 Å². The standard InChI is InChI=1S/C20H21NO13P2/c22-15(23)10-35(28,29)34-36(30,31)32-9-14-16(24)17(25)18(33-14)13-8-12(19(26)21-20(13)27)7-6-11-4-2-1-3-5-11/h1-5,8,13-14,16-18,24-25H,9-10H2,(H,22,23)(H,28,29)(H,30,31)(H,21,26,27)/t13?,14-,16?,17+,18+/m1/s1. The number of carbonyl (C=O) groups is 3. The summed E-state index contributed by atoms with van der Waals surface area (Å²) in [5.74, 6) is 0.683. The van der Waals surface area contributed by atoms with E-state index >= 15 is 0 Å². The SMILES string of the molecule is O=C(O)CP(=O)(O)OP(=O)(O)OC[C@H]1O[C@@H](C2C=C(C#Cc3ccccc3)C(=O)NC2=O)[C@@H](O)C1O. The van der Waals surface area contributed by atoms with E-state index in [-0.39, 0.29) is 5.57 Å². The first-order valence-corrected chi connectivity index (χ1v) is 13.4. The number of hydrogen-bond donors (Lipinski definition) is 6. The Labute approximate surface area is 203 Å². The number of phosphoric ester groups is 1. The highest BCUT2D eigenvalue weighted by molar-refractivity contribution is 7.64. The minimum Gasteiger partial charge on any atom is -0.481 e. The maximum absolute atomic E-state index is 12.4. The largest absolute Gasteiger partial charge is 0.481 e. The number of aliphatic hydroxyl groups excluding tert-OH is 2. The third-order valence-corrected chi connectivity index (χ3v) is 7.96. The van der Waals surface area contributed by atoms with Gasteiger partial charge in [-0.25, -0.2) is 8.88 Å². The van der Waals surface area contributed by atoms with Crippen LogP contribution < -0.4 is 5.32 Å². The molecule has 7 atom stereocenters. The van der Waals surface area contributed by atoms with Crippen LogP contribution in [0, 0.1) is 17.8 Å². The van der Waals surface area contributed by atoms with Crippen LogP contribution in [0.1, 0.15) is 5.56 Å². The van der Waals surface area contributed by atoms with Gasteiger partial charge in [-0.1, -0.05) is 30.0 Å². The number of carboxylic acids is 1. The van der Waals surface area contributed by atoms with Gasteiger partial charge in [-0.05, 0) is 18.2 Å². The van der Waals surface area contributed by atoms with E-state index in [0.717, 1.165) is 6.08 Å². The first kappa shape index (κ1) is 27.9. The summed E-state index contributed by atoms with van der Waals surface area (Å²) in [5.41, 5.74) is 0.495. The number of phosphoric acid groups is 1. The lowest BCUT2D eigenvalue weighted by molar-refractivity contribution is -0.136. The molecule has 0 aliphatic carbocycles. The van der Waals surface area contributed by atoms with Crippen LogP contribution in [0.25, 0.3) is 0 Å². The highest BCUT2D eigenvalue weighted by Crippen LogP contribution is 2.59. The van der Waals surface area contributed by atoms with Gasteiger partial charge in [0.15, 0.2) is 0 Å². The third-order valence-electron chi connectivity index (χ3n) is 4.97. The lowest BCUT2D eigenvalue weighted by Gasteiger charge is -2.25. The van der Waals surface area contributed by atoms with Crippen LogP contribution in [0.15, 0.2) is 42.0 Å². The van der Waals surface area contributed by atoms with Gasteiger partial charge in [0, 0.05) is 5.56 Å². The third kappa shape index (κ3) is 7.18. The second-order valence-electron chi connectivity index (χ2n) is 7.70. The highest BCUT2D eigenvalue weighted by Gasteiger charge is 2.50. The second kappa shape index (κ2) is 11.1. The zero-order valence-electron chi connectivity index (χ0n) is 18.2. The second-order valence-corrected chi connectivity index (χ2v) is 11.1. The molecule has 1 aromatic carbocycles. The summed E-state index contributed by atoms with van der Waals surface area (Å²) < 4.78 is 37.4. The molecule has 36 heavy (non-hydrogen) atoms. The zero-order chi connectivity index (χ0) is 26.7. The van der Waals surface area contributed by atoms with Crippen LogP contribution in [0.3, 0.4) is 0 Å². The van der Waals surface area contributed by atoms with Gasteiger partial charge in [0.2, 0.25) is 5.91 Å². The number of aliphatic carboxylic acids is 1. The lowest BCUT2D eigenvalue weighted by atomic mass is 9.90. The maximum Gasteiger partial charge on any atom is 0.479 e. The number of rotatable bonds is 8. The van der Waals surface area contributed by atoms with Crippen LogP contribution in [0.5, 0.6) is 0 Å². The van der Waals surface area contributed by atoms with Gasteiger partial charge in [0.05, 0.1) is 18.1 Å². The molecule has 3 rings (SSSR count). The summed E-state index contributed by atoms with van der Waals surface area (Å²) in [6.45, 7) is -0.951. The fourth-order valence-corrected chi connectivity index (χ4v) is 5.75. The highest BCUT2D eigenvalue weighted by atomic mass is 31.3. The lowest BCUT2D eigenvalue weighted by Crippen LogP contribution is -2.47. The first-order chi connectivity index (χ1) is 16.8. The van der Waals surface area contributed by atoms with Crippen LogP contribution in [0.4, 0.5) is 0 Å². The summed E-state index contributed by atoms with van der Waals surface area (Å²) in [5, 5.41) is 31.3. The molecular formula is C20H21NO13P2. The molecule has 4 unspecified atom stereocenters. The Bertz CT molecular complexity index is 1220. The molecular weight excluding hydrogens is 524 g/mol. The Morgan fingerprint density at radius 1 is 1.08 bits per heavy atom. The minimum atomic E-state index is -5.29. The van der Waals surface area contributed by atoms with Crippen molar-refractivity contribution in [3.8, 4) is 11.8 Å². The van der Waals surface area contributed by atoms with Gasteiger partial charge in [-0.15, -0.1) is 0 Å². The molecule has 194 valence electrons. The van der Waals surface area contributed by atoms with Gasteiger partial charge in [-0.3, -0.25) is 28.8 Å². The van der Waals surface area contributed by atoms with E-state index in [2.05, 4.69) is 26.0 Å². The molecule has 0 saturated carbocycles. The van der Waals surface area contributed by atoms with Crippen molar-refractivity contribution in [1.29, 1.82) is 0 Å². The molecule has 0 bridgehead atoms. The fourth-order valence-electron chi connectivity index (χ4n) is 3.36. The summed E-state index contributed by atoms with van der Waals surface area (Å²) in [6, 6.07) is 8.64. The number of hydrogen-bond acceptors (Lipinski definition) is 10. The Kier molecular flexibility index (Phi) is 8.63. The van der Waals surface area contributed by atoms with E-state index in [9.17, 15) is 43.5 Å². The van der Waals surface area contributed by atoms with Crippen LogP contribution in [0.2, 0.25) is 0 Å². The molecule has 2 amide bonds. The summed E-state index contributed by atoms with van der Waals surface area (Å²) in [6.07, 6.45) is -6.70. The van der Waals surface area contributed by atoms with Gasteiger partial charge in [0.1, 0.15) is 30.6 Å². The van der Waals surface area contributed by atoms with Crippen molar-refractivity contribution < 1.29 is 62.2 Å². The molecule has 1 aromatic rings. The Hall–Kier alpha value is -2.69. The quantitative estimate of drug-likeness (QED) is 0.133. The van der Waals surface area contributed by atoms with E-state index in [0.29, 0.717) is 5.56 Å². The van der Waals surface area contributed by atoms with Crippen molar-refractivity contribution in [2.75, 3.05) is 12.8 Å². The fraction of sp³-hybridized carbons (Fsp3) is 0.350. The number of ether oxygens (including phenoxy) is 1. The van der Waals surface area contributed by atoms with E-state index in [1.165, 1.54) is 0 Å².